The molecule has 1 aliphatic heterocycles. The lowest BCUT2D eigenvalue weighted by molar-refractivity contribution is 0.383. The van der Waals surface area contributed by atoms with Crippen molar-refractivity contribution in [2.45, 2.75) is 25.7 Å². The number of nitrogens with zero attached hydrogens (tertiary/aromatic N) is 6. The Kier molecular flexibility index (Phi) is 5.10. The van der Waals surface area contributed by atoms with Crippen molar-refractivity contribution in [2.75, 3.05) is 31.1 Å². The van der Waals surface area contributed by atoms with E-state index in [1.807, 2.05) is 43.5 Å². The van der Waals surface area contributed by atoms with Crippen LogP contribution in [-0.4, -0.2) is 58.4 Å². The van der Waals surface area contributed by atoms with Gasteiger partial charge in [-0.05, 0) is 32.9 Å². The zero-order chi connectivity index (χ0) is 20.6. The number of imidazole rings is 1. The number of hydrogen-bond donors (Lipinski definition) is 0. The van der Waals surface area contributed by atoms with Crippen LogP contribution in [0.15, 0.2) is 47.9 Å². The van der Waals surface area contributed by atoms with Gasteiger partial charge in [-0.3, -0.25) is 4.57 Å². The Labute approximate surface area is 170 Å². The lowest BCUT2D eigenvalue weighted by Gasteiger charge is -2.34. The first-order chi connectivity index (χ1) is 13.9. The minimum Gasteiger partial charge on any atom is -0.354 e. The molecule has 0 atom stereocenters. The molecule has 0 unspecified atom stereocenters. The van der Waals surface area contributed by atoms with Gasteiger partial charge in [0.2, 0.25) is 10.0 Å². The van der Waals surface area contributed by atoms with Gasteiger partial charge in [-0.1, -0.05) is 17.7 Å². The number of benzene rings is 1. The molecule has 1 aromatic carbocycles. The van der Waals surface area contributed by atoms with Crippen molar-refractivity contribution in [3.05, 3.63) is 59.9 Å². The molecule has 1 aliphatic rings. The molecule has 1 fully saturated rings. The molecule has 8 nitrogen and oxygen atoms in total. The van der Waals surface area contributed by atoms with Crippen molar-refractivity contribution < 1.29 is 8.42 Å². The maximum atomic E-state index is 12.9. The number of rotatable bonds is 4. The molecule has 0 saturated carbocycles. The molecule has 0 amide bonds. The maximum Gasteiger partial charge on any atom is 0.243 e. The summed E-state index contributed by atoms with van der Waals surface area (Å²) in [5.41, 5.74) is 3.03. The van der Waals surface area contributed by atoms with Crippen molar-refractivity contribution in [3.63, 3.8) is 0 Å². The summed E-state index contributed by atoms with van der Waals surface area (Å²) in [5, 5.41) is 0. The van der Waals surface area contributed by atoms with E-state index in [9.17, 15) is 8.42 Å². The summed E-state index contributed by atoms with van der Waals surface area (Å²) in [6.07, 6.45) is 3.29. The van der Waals surface area contributed by atoms with Gasteiger partial charge in [0, 0.05) is 37.9 Å². The van der Waals surface area contributed by atoms with Crippen LogP contribution in [0, 0.1) is 20.8 Å². The standard InChI is InChI=1S/C20H24N6O2S/c1-15-4-6-18(7-5-15)29(27,28)25-10-8-24(9-11-25)19-12-20(22-13-21-19)26-14-23-16(2)17(26)3/h4-7,12-14H,8-11H2,1-3H3. The second-order valence-corrected chi connectivity index (χ2v) is 9.16. The fourth-order valence-corrected chi connectivity index (χ4v) is 4.81. The summed E-state index contributed by atoms with van der Waals surface area (Å²) in [5.74, 6) is 1.54. The third-order valence-electron chi connectivity index (χ3n) is 5.36. The van der Waals surface area contributed by atoms with Gasteiger partial charge in [-0.15, -0.1) is 0 Å². The van der Waals surface area contributed by atoms with Gasteiger partial charge in [0.25, 0.3) is 0 Å². The highest BCUT2D eigenvalue weighted by Gasteiger charge is 2.29. The van der Waals surface area contributed by atoms with E-state index in [-0.39, 0.29) is 0 Å². The van der Waals surface area contributed by atoms with Crippen molar-refractivity contribution in [1.82, 2.24) is 23.8 Å². The van der Waals surface area contributed by atoms with Crippen LogP contribution in [0.1, 0.15) is 17.0 Å². The van der Waals surface area contributed by atoms with Crippen LogP contribution in [-0.2, 0) is 10.0 Å². The predicted octanol–water partition coefficient (Wildman–Crippen LogP) is 2.10. The number of anilines is 1. The van der Waals surface area contributed by atoms with Gasteiger partial charge in [-0.2, -0.15) is 4.31 Å². The minimum atomic E-state index is -3.48. The highest BCUT2D eigenvalue weighted by molar-refractivity contribution is 7.89. The lowest BCUT2D eigenvalue weighted by atomic mass is 10.2. The Hall–Kier alpha value is -2.78. The molecule has 29 heavy (non-hydrogen) atoms. The monoisotopic (exact) mass is 412 g/mol. The fraction of sp³-hybridized carbons (Fsp3) is 0.350. The number of aromatic nitrogens is 4. The molecular weight excluding hydrogens is 388 g/mol. The van der Waals surface area contributed by atoms with Crippen molar-refractivity contribution in [3.8, 4) is 5.82 Å². The zero-order valence-electron chi connectivity index (χ0n) is 16.8. The minimum absolute atomic E-state index is 0.340. The van der Waals surface area contributed by atoms with Gasteiger partial charge in [0.1, 0.15) is 24.3 Å². The highest BCUT2D eigenvalue weighted by atomic mass is 32.2. The summed E-state index contributed by atoms with van der Waals surface area (Å²) in [4.78, 5) is 15.5. The third-order valence-corrected chi connectivity index (χ3v) is 7.27. The van der Waals surface area contributed by atoms with E-state index in [1.54, 1.807) is 22.8 Å². The molecule has 1 saturated heterocycles. The van der Waals surface area contributed by atoms with Crippen molar-refractivity contribution in [1.29, 1.82) is 0 Å². The molecule has 3 aromatic rings. The topological polar surface area (TPSA) is 84.2 Å². The molecule has 3 heterocycles. The van der Waals surface area contributed by atoms with Crippen LogP contribution in [0.5, 0.6) is 0 Å². The molecule has 0 radical (unpaired) electrons. The Balaban J connectivity index is 1.49. The average molecular weight is 413 g/mol. The second kappa shape index (κ2) is 7.57. The van der Waals surface area contributed by atoms with Crippen LogP contribution >= 0.6 is 0 Å². The summed E-state index contributed by atoms with van der Waals surface area (Å²) in [6, 6.07) is 8.90. The molecule has 2 aromatic heterocycles. The first-order valence-corrected chi connectivity index (χ1v) is 10.9. The SMILES string of the molecule is Cc1ccc(S(=O)(=O)N2CCN(c3cc(-n4cnc(C)c4C)ncn3)CC2)cc1. The highest BCUT2D eigenvalue weighted by Crippen LogP contribution is 2.22. The normalized spacial score (nSPS) is 15.6. The molecule has 0 bridgehead atoms. The number of sulfonamides is 1. The van der Waals surface area contributed by atoms with Crippen LogP contribution in [0.25, 0.3) is 5.82 Å². The average Bonchev–Trinajstić information content (AvgIpc) is 3.07. The van der Waals surface area contributed by atoms with Gasteiger partial charge in [0.15, 0.2) is 0 Å². The van der Waals surface area contributed by atoms with Crippen LogP contribution in [0.2, 0.25) is 0 Å². The summed E-state index contributed by atoms with van der Waals surface area (Å²) in [7, 11) is -3.48. The number of aryl methyl sites for hydroxylation is 2. The summed E-state index contributed by atoms with van der Waals surface area (Å²) >= 11 is 0. The molecular formula is C20H24N6O2S. The molecule has 0 spiro atoms. The lowest BCUT2D eigenvalue weighted by Crippen LogP contribution is -2.48. The predicted molar refractivity (Wildman–Crippen MR) is 111 cm³/mol. The molecule has 152 valence electrons. The quantitative estimate of drug-likeness (QED) is 0.653. The smallest absolute Gasteiger partial charge is 0.243 e. The molecule has 9 heteroatoms. The Morgan fingerprint density at radius 2 is 1.52 bits per heavy atom. The first-order valence-electron chi connectivity index (χ1n) is 9.51. The van der Waals surface area contributed by atoms with Crippen molar-refractivity contribution >= 4 is 15.8 Å². The second-order valence-electron chi connectivity index (χ2n) is 7.22. The van der Waals surface area contributed by atoms with Gasteiger partial charge >= 0.3 is 0 Å². The first kappa shape index (κ1) is 19.5. The Bertz CT molecular complexity index is 1120. The summed E-state index contributed by atoms with van der Waals surface area (Å²) in [6.45, 7) is 7.88. The molecule has 0 aliphatic carbocycles. The number of piperazine rings is 1. The summed E-state index contributed by atoms with van der Waals surface area (Å²) < 4.78 is 29.3. The van der Waals surface area contributed by atoms with E-state index >= 15 is 0 Å². The van der Waals surface area contributed by atoms with E-state index < -0.39 is 10.0 Å². The van der Waals surface area contributed by atoms with Crippen LogP contribution in [0.4, 0.5) is 5.82 Å². The molecule has 0 N–H and O–H groups in total. The molecule has 4 rings (SSSR count). The largest absolute Gasteiger partial charge is 0.354 e. The van der Waals surface area contributed by atoms with Crippen molar-refractivity contribution in [2.24, 2.45) is 0 Å². The van der Waals surface area contributed by atoms with Gasteiger partial charge in [0.05, 0.1) is 10.6 Å². The van der Waals surface area contributed by atoms with E-state index in [1.165, 1.54) is 6.33 Å². The van der Waals surface area contributed by atoms with Crippen LogP contribution in [0.3, 0.4) is 0 Å². The number of hydrogen-bond acceptors (Lipinski definition) is 6. The van der Waals surface area contributed by atoms with E-state index in [0.717, 1.165) is 28.6 Å². The third kappa shape index (κ3) is 3.75. The maximum absolute atomic E-state index is 12.9. The zero-order valence-corrected chi connectivity index (χ0v) is 17.6. The van der Waals surface area contributed by atoms with Gasteiger partial charge in [-0.25, -0.2) is 23.4 Å². The fourth-order valence-electron chi connectivity index (χ4n) is 3.39. The Morgan fingerprint density at radius 3 is 2.14 bits per heavy atom. The Morgan fingerprint density at radius 1 is 0.862 bits per heavy atom. The van der Waals surface area contributed by atoms with E-state index in [0.29, 0.717) is 31.1 Å². The van der Waals surface area contributed by atoms with E-state index in [2.05, 4.69) is 19.9 Å². The van der Waals surface area contributed by atoms with E-state index in [4.69, 9.17) is 0 Å². The van der Waals surface area contributed by atoms with Crippen LogP contribution < -0.4 is 4.90 Å². The van der Waals surface area contributed by atoms with Gasteiger partial charge < -0.3 is 4.90 Å².